The maximum Gasteiger partial charge on any atom is 0.290 e. The number of carbonyl (C=O) groups excluding carboxylic acids is 2. The smallest absolute Gasteiger partial charge is 0.290 e. The number of pyridine rings is 1. The molecule has 2 aromatic carbocycles. The number of para-hydroxylation sites is 1. The van der Waals surface area contributed by atoms with E-state index in [1.807, 2.05) is 65.9 Å². The number of aromatic amines is 1. The Hall–Kier alpha value is -5.70. The third-order valence-corrected chi connectivity index (χ3v) is 7.27. The predicted molar refractivity (Wildman–Crippen MR) is 177 cm³/mol. The highest BCUT2D eigenvalue weighted by Gasteiger charge is 2.25. The van der Waals surface area contributed by atoms with Crippen LogP contribution in [0.1, 0.15) is 19.5 Å². The number of rotatable bonds is 4. The predicted octanol–water partition coefficient (Wildman–Crippen LogP) is 1.95. The van der Waals surface area contributed by atoms with Crippen molar-refractivity contribution in [3.63, 3.8) is 0 Å². The molecule has 1 aliphatic rings. The summed E-state index contributed by atoms with van der Waals surface area (Å²) < 4.78 is 13.7. The quantitative estimate of drug-likeness (QED) is 0.199. The lowest BCUT2D eigenvalue weighted by atomic mass is 10.0. The molecule has 0 saturated heterocycles. The van der Waals surface area contributed by atoms with Crippen molar-refractivity contribution in [2.24, 2.45) is 5.92 Å². The number of nitrogens with zero attached hydrogens (tertiary/aromatic N) is 3. The first-order valence-corrected chi connectivity index (χ1v) is 15.0. The van der Waals surface area contributed by atoms with Crippen LogP contribution in [0.3, 0.4) is 0 Å². The second-order valence-corrected chi connectivity index (χ2v) is 10.9. The number of H-pyrrole nitrogens is 1. The molecule has 0 radical (unpaired) electrons. The van der Waals surface area contributed by atoms with Gasteiger partial charge in [-0.2, -0.15) is 0 Å². The van der Waals surface area contributed by atoms with Gasteiger partial charge in [-0.1, -0.05) is 26.0 Å². The number of ether oxygens (including phenoxy) is 2. The molecule has 0 fully saturated rings. The Bertz CT molecular complexity index is 1730. The summed E-state index contributed by atoms with van der Waals surface area (Å²) in [4.78, 5) is 65.6. The van der Waals surface area contributed by atoms with Gasteiger partial charge >= 0.3 is 0 Å². The van der Waals surface area contributed by atoms with Crippen molar-refractivity contribution in [1.29, 1.82) is 0 Å². The summed E-state index contributed by atoms with van der Waals surface area (Å²) >= 11 is 0. The standard InChI is InChI=1S/C31H36N6O5.2CH2O2/c1-20(2)29-31(40)33-11-13-37-12-10-32-30(37)21-8-9-26(41-3)27(16-21)42-15-14-36(19-28(39)35-29)18-22-17-25(38)23-6-4-5-7-24(23)34-22;2*2-1-3/h4-10,12,16-17,20,29H,11,13-15,18-19H2,1-3H3,(H,33,40)(H,34,38)(H,35,39);2*1H,(H,2,3). The Labute approximate surface area is 276 Å². The van der Waals surface area contributed by atoms with Gasteiger partial charge in [0.25, 0.3) is 12.9 Å². The molecule has 0 saturated carbocycles. The van der Waals surface area contributed by atoms with E-state index >= 15 is 0 Å². The van der Waals surface area contributed by atoms with E-state index in [1.54, 1.807) is 25.4 Å². The highest BCUT2D eigenvalue weighted by molar-refractivity contribution is 5.88. The van der Waals surface area contributed by atoms with Gasteiger partial charge in [-0.15, -0.1) is 0 Å². The lowest BCUT2D eigenvalue weighted by molar-refractivity contribution is -0.130. The van der Waals surface area contributed by atoms with E-state index in [2.05, 4.69) is 20.6 Å². The second kappa shape index (κ2) is 18.4. The molecule has 2 amide bonds. The molecule has 48 heavy (non-hydrogen) atoms. The minimum absolute atomic E-state index is 0.00126. The molecule has 1 aliphatic heterocycles. The molecule has 2 bridgehead atoms. The van der Waals surface area contributed by atoms with Gasteiger partial charge in [0.05, 0.1) is 13.7 Å². The number of imidazole rings is 1. The van der Waals surface area contributed by atoms with Crippen molar-refractivity contribution in [1.82, 2.24) is 30.1 Å². The molecular formula is C33H40N6O9. The molecule has 0 aliphatic carbocycles. The largest absolute Gasteiger partial charge is 0.493 e. The van der Waals surface area contributed by atoms with Crippen LogP contribution in [-0.2, 0) is 32.3 Å². The Kier molecular flexibility index (Phi) is 14.1. The van der Waals surface area contributed by atoms with Gasteiger partial charge in [0.1, 0.15) is 18.5 Å². The number of fused-ring (bicyclic) bond motifs is 5. The minimum Gasteiger partial charge on any atom is -0.493 e. The fraction of sp³-hybridized carbons (Fsp3) is 0.333. The van der Waals surface area contributed by atoms with Crippen molar-refractivity contribution in [3.8, 4) is 22.9 Å². The Morgan fingerprint density at radius 1 is 1.06 bits per heavy atom. The van der Waals surface area contributed by atoms with Crippen LogP contribution in [0.4, 0.5) is 0 Å². The van der Waals surface area contributed by atoms with Crippen LogP contribution >= 0.6 is 0 Å². The van der Waals surface area contributed by atoms with Crippen molar-refractivity contribution < 1.29 is 38.9 Å². The van der Waals surface area contributed by atoms with Gasteiger partial charge in [0, 0.05) is 66.8 Å². The lowest BCUT2D eigenvalue weighted by Crippen LogP contribution is -2.52. The third kappa shape index (κ3) is 10.2. The van der Waals surface area contributed by atoms with Gasteiger partial charge in [0.15, 0.2) is 16.9 Å². The average Bonchev–Trinajstić information content (AvgIpc) is 3.52. The van der Waals surface area contributed by atoms with Crippen molar-refractivity contribution in [2.45, 2.75) is 33.0 Å². The van der Waals surface area contributed by atoms with E-state index < -0.39 is 6.04 Å². The zero-order chi connectivity index (χ0) is 35.1. The van der Waals surface area contributed by atoms with Gasteiger partial charge in [-0.25, -0.2) is 4.98 Å². The van der Waals surface area contributed by atoms with Crippen molar-refractivity contribution >= 4 is 35.7 Å². The maximum absolute atomic E-state index is 13.3. The van der Waals surface area contributed by atoms with Crippen LogP contribution in [0.15, 0.2) is 65.7 Å². The zero-order valence-electron chi connectivity index (χ0n) is 26.9. The first-order chi connectivity index (χ1) is 23.1. The number of hydrogen-bond donors (Lipinski definition) is 5. The minimum atomic E-state index is -0.701. The van der Waals surface area contributed by atoms with Crippen molar-refractivity contribution in [3.05, 3.63) is 76.8 Å². The highest BCUT2D eigenvalue weighted by atomic mass is 16.5. The van der Waals surface area contributed by atoms with Gasteiger partial charge in [-0.05, 0) is 36.2 Å². The summed E-state index contributed by atoms with van der Waals surface area (Å²) in [6, 6.07) is 13.8. The van der Waals surface area contributed by atoms with E-state index in [1.165, 1.54) is 0 Å². The molecule has 4 aromatic rings. The molecular weight excluding hydrogens is 624 g/mol. The summed E-state index contributed by atoms with van der Waals surface area (Å²) in [5, 5.41) is 20.2. The van der Waals surface area contributed by atoms with E-state index in [-0.39, 0.29) is 49.3 Å². The van der Waals surface area contributed by atoms with Gasteiger partial charge in [0.2, 0.25) is 11.8 Å². The number of amides is 2. The monoisotopic (exact) mass is 664 g/mol. The van der Waals surface area contributed by atoms with E-state index in [0.717, 1.165) is 16.9 Å². The van der Waals surface area contributed by atoms with E-state index in [4.69, 9.17) is 29.3 Å². The van der Waals surface area contributed by atoms with Crippen LogP contribution in [0, 0.1) is 5.92 Å². The van der Waals surface area contributed by atoms with Crippen LogP contribution < -0.4 is 25.5 Å². The summed E-state index contributed by atoms with van der Waals surface area (Å²) in [7, 11) is 1.58. The lowest BCUT2D eigenvalue weighted by Gasteiger charge is -2.25. The summed E-state index contributed by atoms with van der Waals surface area (Å²) in [5.74, 6) is 1.19. The first kappa shape index (κ1) is 36.8. The molecule has 1 unspecified atom stereocenters. The Morgan fingerprint density at radius 2 is 1.79 bits per heavy atom. The first-order valence-electron chi connectivity index (χ1n) is 15.0. The molecule has 5 rings (SSSR count). The molecule has 5 N–H and O–H groups in total. The topological polar surface area (TPSA) is 205 Å². The number of nitrogens with one attached hydrogen (secondary N) is 3. The fourth-order valence-electron chi connectivity index (χ4n) is 5.12. The molecule has 15 nitrogen and oxygen atoms in total. The highest BCUT2D eigenvalue weighted by Crippen LogP contribution is 2.32. The number of carboxylic acid groups (broad SMARTS) is 2. The van der Waals surface area contributed by atoms with Crippen LogP contribution in [-0.4, -0.2) is 93.8 Å². The second-order valence-electron chi connectivity index (χ2n) is 10.9. The number of methoxy groups -OCH3 is 1. The Morgan fingerprint density at radius 3 is 2.50 bits per heavy atom. The molecule has 256 valence electrons. The zero-order valence-corrected chi connectivity index (χ0v) is 26.9. The summed E-state index contributed by atoms with van der Waals surface area (Å²) in [6.07, 6.45) is 3.57. The SMILES string of the molecule is COc1ccc2cc1OCCN(Cc1cc(=O)c3ccccc3[nH]1)CC(=O)NC(C(C)C)C(=O)NCCn1ccnc1-2.O=CO.O=CO. The maximum atomic E-state index is 13.3. The fourth-order valence-corrected chi connectivity index (χ4v) is 5.12. The number of aromatic nitrogens is 3. The van der Waals surface area contributed by atoms with E-state index in [0.29, 0.717) is 48.8 Å². The molecule has 1 atom stereocenters. The number of hydrogen-bond acceptors (Lipinski definition) is 9. The van der Waals surface area contributed by atoms with Crippen LogP contribution in [0.2, 0.25) is 0 Å². The molecule has 15 heteroatoms. The van der Waals surface area contributed by atoms with Gasteiger partial charge in [-0.3, -0.25) is 28.9 Å². The van der Waals surface area contributed by atoms with E-state index in [9.17, 15) is 14.4 Å². The van der Waals surface area contributed by atoms with Crippen LogP contribution in [0.25, 0.3) is 22.3 Å². The molecule has 0 spiro atoms. The summed E-state index contributed by atoms with van der Waals surface area (Å²) in [6.45, 7) is 5.06. The van der Waals surface area contributed by atoms with Crippen molar-refractivity contribution in [2.75, 3.05) is 33.4 Å². The van der Waals surface area contributed by atoms with Gasteiger partial charge < -0.3 is 39.9 Å². The third-order valence-electron chi connectivity index (χ3n) is 7.27. The summed E-state index contributed by atoms with van der Waals surface area (Å²) in [5.41, 5.74) is 2.14. The van der Waals surface area contributed by atoms with Crippen LogP contribution in [0.5, 0.6) is 11.5 Å². The average molecular weight is 665 g/mol. The normalized spacial score (nSPS) is 15.5. The Balaban J connectivity index is 0.000000969. The number of carbonyl (C=O) groups is 4. The number of benzene rings is 2. The molecule has 2 aromatic heterocycles. The molecule has 3 heterocycles.